The van der Waals surface area contributed by atoms with E-state index in [9.17, 15) is 9.18 Å². The van der Waals surface area contributed by atoms with Gasteiger partial charge < -0.3 is 15.1 Å². The Kier molecular flexibility index (Phi) is 6.15. The second kappa shape index (κ2) is 8.97. The second-order valence-electron chi connectivity index (χ2n) is 7.63. The Bertz CT molecular complexity index is 1010. The van der Waals surface area contributed by atoms with E-state index in [0.717, 1.165) is 53.8 Å². The predicted molar refractivity (Wildman–Crippen MR) is 121 cm³/mol. The summed E-state index contributed by atoms with van der Waals surface area (Å²) in [4.78, 5) is 23.6. The van der Waals surface area contributed by atoms with Gasteiger partial charge in [-0.15, -0.1) is 0 Å². The minimum atomic E-state index is -0.224. The van der Waals surface area contributed by atoms with Gasteiger partial charge in [-0.2, -0.15) is 0 Å². The van der Waals surface area contributed by atoms with Gasteiger partial charge in [0, 0.05) is 64.6 Å². The summed E-state index contributed by atoms with van der Waals surface area (Å²) in [5.41, 5.74) is 2.60. The molecule has 3 aromatic rings. The third-order valence-corrected chi connectivity index (χ3v) is 6.42. The summed E-state index contributed by atoms with van der Waals surface area (Å²) in [7, 11) is 3.96. The molecule has 6 nitrogen and oxygen atoms in total. The Morgan fingerprint density at radius 3 is 2.57 bits per heavy atom. The van der Waals surface area contributed by atoms with Crippen molar-refractivity contribution in [3.8, 4) is 0 Å². The van der Waals surface area contributed by atoms with Crippen molar-refractivity contribution in [2.45, 2.75) is 0 Å². The van der Waals surface area contributed by atoms with Crippen LogP contribution in [0.3, 0.4) is 0 Å². The number of rotatable bonds is 6. The van der Waals surface area contributed by atoms with Crippen LogP contribution in [0, 0.1) is 5.82 Å². The third-order valence-electron chi connectivity index (χ3n) is 5.34. The summed E-state index contributed by atoms with van der Waals surface area (Å²) in [6.45, 7) is 5.02. The van der Waals surface area contributed by atoms with Gasteiger partial charge in [-0.05, 0) is 42.5 Å². The maximum atomic E-state index is 13.4. The zero-order valence-corrected chi connectivity index (χ0v) is 18.1. The molecule has 2 aromatic carbocycles. The predicted octanol–water partition coefficient (Wildman–Crippen LogP) is 3.05. The van der Waals surface area contributed by atoms with E-state index in [0.29, 0.717) is 12.1 Å². The van der Waals surface area contributed by atoms with Gasteiger partial charge in [0.1, 0.15) is 5.82 Å². The first-order chi connectivity index (χ1) is 14.5. The molecule has 1 fully saturated rings. The summed E-state index contributed by atoms with van der Waals surface area (Å²) < 4.78 is 14.3. The molecule has 0 saturated carbocycles. The van der Waals surface area contributed by atoms with E-state index in [2.05, 4.69) is 20.1 Å². The Hall–Kier alpha value is -2.71. The molecule has 30 heavy (non-hydrogen) atoms. The van der Waals surface area contributed by atoms with Crippen LogP contribution in [-0.2, 0) is 0 Å². The highest BCUT2D eigenvalue weighted by molar-refractivity contribution is 7.22. The van der Waals surface area contributed by atoms with Crippen LogP contribution in [0.1, 0.15) is 10.4 Å². The first kappa shape index (κ1) is 20.6. The molecule has 158 valence electrons. The van der Waals surface area contributed by atoms with Crippen LogP contribution in [0.25, 0.3) is 10.2 Å². The molecular weight excluding hydrogens is 401 g/mol. The van der Waals surface area contributed by atoms with Crippen molar-refractivity contribution in [3.05, 3.63) is 53.8 Å². The molecule has 8 heteroatoms. The van der Waals surface area contributed by atoms with Gasteiger partial charge in [-0.3, -0.25) is 9.69 Å². The van der Waals surface area contributed by atoms with Crippen molar-refractivity contribution in [3.63, 3.8) is 0 Å². The van der Waals surface area contributed by atoms with E-state index in [4.69, 9.17) is 0 Å². The van der Waals surface area contributed by atoms with Crippen molar-refractivity contribution >= 4 is 38.3 Å². The number of hydrogen-bond acceptors (Lipinski definition) is 6. The molecule has 2 heterocycles. The van der Waals surface area contributed by atoms with Gasteiger partial charge >= 0.3 is 0 Å². The maximum Gasteiger partial charge on any atom is 0.251 e. The molecule has 0 atom stereocenters. The molecule has 0 unspecified atom stereocenters. The smallest absolute Gasteiger partial charge is 0.251 e. The topological polar surface area (TPSA) is 51.7 Å². The molecule has 1 amide bonds. The molecule has 0 radical (unpaired) electrons. The van der Waals surface area contributed by atoms with Crippen LogP contribution in [0.2, 0.25) is 0 Å². The number of piperazine rings is 1. The zero-order chi connectivity index (χ0) is 21.1. The lowest BCUT2D eigenvalue weighted by Crippen LogP contribution is -2.48. The van der Waals surface area contributed by atoms with Gasteiger partial charge in [0.2, 0.25) is 0 Å². The van der Waals surface area contributed by atoms with E-state index in [1.165, 1.54) is 17.4 Å². The van der Waals surface area contributed by atoms with Gasteiger partial charge in [0.25, 0.3) is 5.91 Å². The molecule has 0 spiro atoms. The van der Waals surface area contributed by atoms with Crippen LogP contribution in [0.15, 0.2) is 42.5 Å². The van der Waals surface area contributed by atoms with E-state index in [1.54, 1.807) is 12.1 Å². The van der Waals surface area contributed by atoms with Crippen molar-refractivity contribution < 1.29 is 9.18 Å². The highest BCUT2D eigenvalue weighted by Crippen LogP contribution is 2.29. The minimum absolute atomic E-state index is 0.0411. The van der Waals surface area contributed by atoms with E-state index >= 15 is 0 Å². The molecule has 1 aliphatic heterocycles. The first-order valence-electron chi connectivity index (χ1n) is 10.1. The van der Waals surface area contributed by atoms with Crippen molar-refractivity contribution in [1.82, 2.24) is 15.2 Å². The highest BCUT2D eigenvalue weighted by Gasteiger charge is 2.20. The van der Waals surface area contributed by atoms with Crippen LogP contribution in [0.4, 0.5) is 15.2 Å². The molecule has 1 saturated heterocycles. The Morgan fingerprint density at radius 1 is 1.13 bits per heavy atom. The lowest BCUT2D eigenvalue weighted by molar-refractivity contribution is 0.0948. The summed E-state index contributed by atoms with van der Waals surface area (Å²) in [5.74, 6) is -0.265. The Morgan fingerprint density at radius 2 is 1.87 bits per heavy atom. The number of benzene rings is 2. The van der Waals surface area contributed by atoms with Crippen molar-refractivity contribution in [1.29, 1.82) is 0 Å². The standard InChI is InChI=1S/C22H26FN5OS/c1-26(2)18-6-3-16(4-7-18)21(29)24-9-10-27-11-13-28(14-12-27)22-25-19-8-5-17(23)15-20(19)30-22/h3-8,15H,9-14H2,1-2H3,(H,24,29). The number of nitrogens with one attached hydrogen (secondary N) is 1. The lowest BCUT2D eigenvalue weighted by Gasteiger charge is -2.34. The van der Waals surface area contributed by atoms with Gasteiger partial charge in [-0.1, -0.05) is 11.3 Å². The fourth-order valence-corrected chi connectivity index (χ4v) is 4.57. The summed E-state index contributed by atoms with van der Waals surface area (Å²) >= 11 is 1.54. The first-order valence-corrected chi connectivity index (χ1v) is 10.9. The van der Waals surface area contributed by atoms with E-state index in [-0.39, 0.29) is 11.7 Å². The van der Waals surface area contributed by atoms with Crippen LogP contribution >= 0.6 is 11.3 Å². The zero-order valence-electron chi connectivity index (χ0n) is 17.3. The number of carbonyl (C=O) groups excluding carboxylic acids is 1. The number of carbonyl (C=O) groups is 1. The molecule has 0 aliphatic carbocycles. The lowest BCUT2D eigenvalue weighted by atomic mass is 10.2. The van der Waals surface area contributed by atoms with Crippen LogP contribution < -0.4 is 15.1 Å². The van der Waals surface area contributed by atoms with Gasteiger partial charge in [0.05, 0.1) is 10.2 Å². The number of thiazole rings is 1. The Labute approximate surface area is 179 Å². The summed E-state index contributed by atoms with van der Waals surface area (Å²) in [6, 6.07) is 12.3. The SMILES string of the molecule is CN(C)c1ccc(C(=O)NCCN2CCN(c3nc4ccc(F)cc4s3)CC2)cc1. The number of amides is 1. The highest BCUT2D eigenvalue weighted by atomic mass is 32.1. The van der Waals surface area contributed by atoms with Crippen molar-refractivity contribution in [2.75, 3.05) is 63.2 Å². The molecule has 1 aromatic heterocycles. The molecule has 1 aliphatic rings. The summed E-state index contributed by atoms with van der Waals surface area (Å²) in [5, 5.41) is 3.96. The second-order valence-corrected chi connectivity index (χ2v) is 8.64. The normalized spacial score (nSPS) is 14.8. The van der Waals surface area contributed by atoms with E-state index < -0.39 is 0 Å². The summed E-state index contributed by atoms with van der Waals surface area (Å²) in [6.07, 6.45) is 0. The van der Waals surface area contributed by atoms with Crippen LogP contribution in [0.5, 0.6) is 0 Å². The average Bonchev–Trinajstić information content (AvgIpc) is 3.17. The average molecular weight is 428 g/mol. The molecule has 1 N–H and O–H groups in total. The monoisotopic (exact) mass is 427 g/mol. The number of hydrogen-bond donors (Lipinski definition) is 1. The number of aromatic nitrogens is 1. The maximum absolute atomic E-state index is 13.4. The van der Waals surface area contributed by atoms with Gasteiger partial charge in [0.15, 0.2) is 5.13 Å². The fourth-order valence-electron chi connectivity index (χ4n) is 3.52. The van der Waals surface area contributed by atoms with Gasteiger partial charge in [-0.25, -0.2) is 9.37 Å². The molecule has 0 bridgehead atoms. The van der Waals surface area contributed by atoms with Crippen LogP contribution in [-0.4, -0.2) is 69.2 Å². The fraction of sp³-hybridized carbons (Fsp3) is 0.364. The van der Waals surface area contributed by atoms with E-state index in [1.807, 2.05) is 43.3 Å². The largest absolute Gasteiger partial charge is 0.378 e. The van der Waals surface area contributed by atoms with Crippen molar-refractivity contribution in [2.24, 2.45) is 0 Å². The number of nitrogens with zero attached hydrogens (tertiary/aromatic N) is 4. The molecule has 4 rings (SSSR count). The Balaban J connectivity index is 1.23. The number of halogens is 1. The number of fused-ring (bicyclic) bond motifs is 1. The minimum Gasteiger partial charge on any atom is -0.378 e. The quantitative estimate of drug-likeness (QED) is 0.655. The third kappa shape index (κ3) is 4.71. The number of anilines is 2. The molecular formula is C22H26FN5OS.